The molecule has 1 N–H and O–H groups in total. The van der Waals surface area contributed by atoms with Crippen molar-refractivity contribution in [1.29, 1.82) is 0 Å². The standard InChI is InChI=1S/C17H12F2IN5O3S2/c1-8-14(20)22-17-25(8)23-16(29-17)9-5-12(15(28-2)21-7-9)24-30(26,27)13-4-3-10(18)6-11(13)19/h3-7,24H,1-2H3. The molecule has 0 aliphatic heterocycles. The Bertz CT molecular complexity index is 1390. The van der Waals surface area contributed by atoms with Crippen LogP contribution in [0.4, 0.5) is 14.5 Å². The van der Waals surface area contributed by atoms with E-state index in [9.17, 15) is 17.2 Å². The normalized spacial score (nSPS) is 11.8. The number of hydrogen-bond acceptors (Lipinski definition) is 7. The van der Waals surface area contributed by atoms with Crippen molar-refractivity contribution in [1.82, 2.24) is 19.6 Å². The van der Waals surface area contributed by atoms with E-state index in [1.807, 2.05) is 6.92 Å². The Hall–Kier alpha value is -2.39. The van der Waals surface area contributed by atoms with Gasteiger partial charge in [0.1, 0.15) is 30.9 Å². The average Bonchev–Trinajstić information content (AvgIpc) is 3.20. The molecule has 0 amide bonds. The number of aryl methyl sites for hydroxylation is 1. The zero-order valence-electron chi connectivity index (χ0n) is 15.4. The number of ether oxygens (including phenoxy) is 1. The number of rotatable bonds is 5. The number of hydrogen-bond donors (Lipinski definition) is 1. The molecule has 0 radical (unpaired) electrons. The van der Waals surface area contributed by atoms with Gasteiger partial charge in [0.05, 0.1) is 12.8 Å². The molecular weight excluding hydrogens is 551 g/mol. The summed E-state index contributed by atoms with van der Waals surface area (Å²) in [5, 5.41) is 5.04. The molecule has 0 bridgehead atoms. The molecule has 0 atom stereocenters. The summed E-state index contributed by atoms with van der Waals surface area (Å²) in [6.07, 6.45) is 1.48. The van der Waals surface area contributed by atoms with E-state index in [0.717, 1.165) is 21.5 Å². The predicted octanol–water partition coefficient (Wildman–Crippen LogP) is 3.85. The molecule has 4 aromatic rings. The number of imidazole rings is 1. The number of sulfonamides is 1. The number of nitrogens with zero attached hydrogens (tertiary/aromatic N) is 4. The van der Waals surface area contributed by atoms with E-state index in [1.165, 1.54) is 30.7 Å². The maximum absolute atomic E-state index is 14.0. The maximum Gasteiger partial charge on any atom is 0.264 e. The molecule has 0 saturated carbocycles. The van der Waals surface area contributed by atoms with Crippen molar-refractivity contribution < 1.29 is 21.9 Å². The van der Waals surface area contributed by atoms with Crippen molar-refractivity contribution in [2.24, 2.45) is 0 Å². The number of nitrogens with one attached hydrogen (secondary N) is 1. The first kappa shape index (κ1) is 20.9. The zero-order chi connectivity index (χ0) is 21.6. The largest absolute Gasteiger partial charge is 0.480 e. The first-order chi connectivity index (χ1) is 14.2. The fourth-order valence-corrected chi connectivity index (χ4v) is 5.29. The molecule has 0 saturated heterocycles. The van der Waals surface area contributed by atoms with Crippen molar-refractivity contribution in [2.75, 3.05) is 11.8 Å². The number of aromatic nitrogens is 4. The second-order valence-electron chi connectivity index (χ2n) is 6.05. The van der Waals surface area contributed by atoms with Crippen molar-refractivity contribution in [3.8, 4) is 16.5 Å². The van der Waals surface area contributed by atoms with E-state index < -0.39 is 26.6 Å². The van der Waals surface area contributed by atoms with Crippen LogP contribution in [-0.4, -0.2) is 35.1 Å². The van der Waals surface area contributed by atoms with Gasteiger partial charge in [0.25, 0.3) is 10.0 Å². The minimum atomic E-state index is -4.37. The number of benzene rings is 1. The van der Waals surface area contributed by atoms with E-state index in [0.29, 0.717) is 21.6 Å². The summed E-state index contributed by atoms with van der Waals surface area (Å²) < 4.78 is 62.3. The smallest absolute Gasteiger partial charge is 0.264 e. The fraction of sp³-hybridized carbons (Fsp3) is 0.118. The number of methoxy groups -OCH3 is 1. The number of halogens is 3. The summed E-state index contributed by atoms with van der Waals surface area (Å²) >= 11 is 3.42. The first-order valence-corrected chi connectivity index (χ1v) is 11.6. The van der Waals surface area contributed by atoms with Crippen molar-refractivity contribution in [3.05, 3.63) is 51.5 Å². The highest BCUT2D eigenvalue weighted by molar-refractivity contribution is 14.1. The highest BCUT2D eigenvalue weighted by Gasteiger charge is 2.23. The number of pyridine rings is 1. The monoisotopic (exact) mass is 563 g/mol. The molecule has 8 nitrogen and oxygen atoms in total. The summed E-state index contributed by atoms with van der Waals surface area (Å²) in [5.74, 6) is -2.11. The van der Waals surface area contributed by atoms with Gasteiger partial charge < -0.3 is 4.74 Å². The third kappa shape index (κ3) is 3.72. The van der Waals surface area contributed by atoms with Crippen LogP contribution in [0.2, 0.25) is 0 Å². The lowest BCUT2D eigenvalue weighted by molar-refractivity contribution is 0.400. The summed E-state index contributed by atoms with van der Waals surface area (Å²) in [6.45, 7) is 1.88. The van der Waals surface area contributed by atoms with Gasteiger partial charge in [0, 0.05) is 17.8 Å². The Labute approximate surface area is 187 Å². The molecule has 156 valence electrons. The molecular formula is C17H12F2IN5O3S2. The number of fused-ring (bicyclic) bond motifs is 1. The van der Waals surface area contributed by atoms with Crippen LogP contribution in [0.1, 0.15) is 5.69 Å². The second kappa shape index (κ2) is 7.70. The molecule has 3 aromatic heterocycles. The van der Waals surface area contributed by atoms with Crippen LogP contribution in [0, 0.1) is 22.3 Å². The predicted molar refractivity (Wildman–Crippen MR) is 115 cm³/mol. The highest BCUT2D eigenvalue weighted by Crippen LogP contribution is 2.33. The SMILES string of the molecule is COc1ncc(-c2nn3c(C)c(I)nc3s2)cc1NS(=O)(=O)c1ccc(F)cc1F. The summed E-state index contributed by atoms with van der Waals surface area (Å²) in [5.41, 5.74) is 1.37. The van der Waals surface area contributed by atoms with E-state index in [-0.39, 0.29) is 11.6 Å². The average molecular weight is 563 g/mol. The summed E-state index contributed by atoms with van der Waals surface area (Å²) in [4.78, 5) is 8.50. The van der Waals surface area contributed by atoms with Crippen LogP contribution in [0.5, 0.6) is 5.88 Å². The van der Waals surface area contributed by atoms with Crippen molar-refractivity contribution >= 4 is 54.6 Å². The van der Waals surface area contributed by atoms with Crippen LogP contribution in [0.25, 0.3) is 15.5 Å². The first-order valence-electron chi connectivity index (χ1n) is 8.23. The summed E-state index contributed by atoms with van der Waals surface area (Å²) in [6, 6.07) is 3.68. The lowest BCUT2D eigenvalue weighted by Crippen LogP contribution is -2.15. The van der Waals surface area contributed by atoms with E-state index in [1.54, 1.807) is 4.52 Å². The van der Waals surface area contributed by atoms with Gasteiger partial charge in [-0.3, -0.25) is 4.72 Å². The molecule has 0 unspecified atom stereocenters. The highest BCUT2D eigenvalue weighted by atomic mass is 127. The molecule has 0 fully saturated rings. The molecule has 0 aliphatic rings. The van der Waals surface area contributed by atoms with Gasteiger partial charge in [0.2, 0.25) is 10.8 Å². The Morgan fingerprint density at radius 2 is 2.03 bits per heavy atom. The van der Waals surface area contributed by atoms with Crippen LogP contribution >= 0.6 is 33.9 Å². The van der Waals surface area contributed by atoms with E-state index in [2.05, 4.69) is 42.4 Å². The Morgan fingerprint density at radius 1 is 1.27 bits per heavy atom. The quantitative estimate of drug-likeness (QED) is 0.371. The van der Waals surface area contributed by atoms with Gasteiger partial charge in [-0.1, -0.05) is 11.3 Å². The van der Waals surface area contributed by atoms with Crippen LogP contribution in [0.3, 0.4) is 0 Å². The zero-order valence-corrected chi connectivity index (χ0v) is 19.1. The van der Waals surface area contributed by atoms with Gasteiger partial charge >= 0.3 is 0 Å². The minimum absolute atomic E-state index is 0.0159. The van der Waals surface area contributed by atoms with Crippen LogP contribution in [0.15, 0.2) is 35.4 Å². The van der Waals surface area contributed by atoms with Gasteiger partial charge in [-0.05, 0) is 47.7 Å². The molecule has 30 heavy (non-hydrogen) atoms. The van der Waals surface area contributed by atoms with Crippen molar-refractivity contribution in [2.45, 2.75) is 11.8 Å². The van der Waals surface area contributed by atoms with E-state index in [4.69, 9.17) is 4.74 Å². The molecule has 0 aliphatic carbocycles. The fourth-order valence-electron chi connectivity index (χ4n) is 2.64. The van der Waals surface area contributed by atoms with Crippen molar-refractivity contribution in [3.63, 3.8) is 0 Å². The molecule has 4 rings (SSSR count). The number of anilines is 1. The Kier molecular flexibility index (Phi) is 5.36. The van der Waals surface area contributed by atoms with Gasteiger partial charge in [-0.2, -0.15) is 5.10 Å². The maximum atomic E-state index is 14.0. The lowest BCUT2D eigenvalue weighted by atomic mass is 10.3. The molecule has 3 heterocycles. The minimum Gasteiger partial charge on any atom is -0.480 e. The third-order valence-electron chi connectivity index (χ3n) is 4.09. The van der Waals surface area contributed by atoms with E-state index >= 15 is 0 Å². The second-order valence-corrected chi connectivity index (χ2v) is 9.68. The third-order valence-corrected chi connectivity index (χ3v) is 7.47. The molecule has 0 spiro atoms. The van der Waals surface area contributed by atoms with Gasteiger partial charge in [-0.15, -0.1) is 0 Å². The van der Waals surface area contributed by atoms with Gasteiger partial charge in [0.15, 0.2) is 0 Å². The Morgan fingerprint density at radius 3 is 2.70 bits per heavy atom. The molecule has 1 aromatic carbocycles. The van der Waals surface area contributed by atoms with Crippen LogP contribution in [-0.2, 0) is 10.0 Å². The molecule has 13 heteroatoms. The lowest BCUT2D eigenvalue weighted by Gasteiger charge is -2.12. The topological polar surface area (TPSA) is 98.5 Å². The van der Waals surface area contributed by atoms with Crippen LogP contribution < -0.4 is 9.46 Å². The Balaban J connectivity index is 1.75. The van der Waals surface area contributed by atoms with Gasteiger partial charge in [-0.25, -0.2) is 31.7 Å². The summed E-state index contributed by atoms with van der Waals surface area (Å²) in [7, 11) is -3.05.